The maximum Gasteiger partial charge on any atom is 0.0590 e. The lowest BCUT2D eigenvalue weighted by atomic mass is 9.86. The average molecular weight is 262 g/mol. The molecule has 3 nitrogen and oxygen atoms in total. The van der Waals surface area contributed by atoms with Crippen LogP contribution in [0.15, 0.2) is 30.3 Å². The van der Waals surface area contributed by atoms with Crippen LogP contribution >= 0.6 is 0 Å². The summed E-state index contributed by atoms with van der Waals surface area (Å²) in [7, 11) is 1.78. The topological polar surface area (TPSA) is 24.5 Å². The Morgan fingerprint density at radius 3 is 2.74 bits per heavy atom. The molecule has 1 saturated heterocycles. The zero-order chi connectivity index (χ0) is 13.7. The minimum absolute atomic E-state index is 0.0610. The van der Waals surface area contributed by atoms with Crippen molar-refractivity contribution in [3.05, 3.63) is 35.9 Å². The largest absolute Gasteiger partial charge is 0.383 e. The SMILES string of the molecule is CCC1CN(CCOC)C(C)(c2ccccc2)CN1. The highest BCUT2D eigenvalue weighted by molar-refractivity contribution is 5.25. The summed E-state index contributed by atoms with van der Waals surface area (Å²) in [6.45, 7) is 8.44. The number of hydrogen-bond acceptors (Lipinski definition) is 3. The molecule has 1 heterocycles. The fraction of sp³-hybridized carbons (Fsp3) is 0.625. The minimum atomic E-state index is 0.0610. The van der Waals surface area contributed by atoms with Gasteiger partial charge in [0.2, 0.25) is 0 Å². The van der Waals surface area contributed by atoms with E-state index in [0.29, 0.717) is 6.04 Å². The van der Waals surface area contributed by atoms with Crippen LogP contribution in [0, 0.1) is 0 Å². The van der Waals surface area contributed by atoms with E-state index in [1.54, 1.807) is 7.11 Å². The molecule has 0 aliphatic carbocycles. The highest BCUT2D eigenvalue weighted by Crippen LogP contribution is 2.30. The second-order valence-electron chi connectivity index (χ2n) is 5.56. The number of ether oxygens (including phenoxy) is 1. The predicted molar refractivity (Wildman–Crippen MR) is 79.3 cm³/mol. The van der Waals surface area contributed by atoms with Crippen LogP contribution < -0.4 is 5.32 Å². The van der Waals surface area contributed by atoms with Crippen LogP contribution in [0.2, 0.25) is 0 Å². The van der Waals surface area contributed by atoms with Crippen molar-refractivity contribution in [2.75, 3.05) is 33.4 Å². The van der Waals surface area contributed by atoms with Gasteiger partial charge in [-0.05, 0) is 18.9 Å². The number of rotatable bonds is 5. The Morgan fingerprint density at radius 2 is 2.11 bits per heavy atom. The summed E-state index contributed by atoms with van der Waals surface area (Å²) in [6.07, 6.45) is 1.17. The van der Waals surface area contributed by atoms with E-state index in [0.717, 1.165) is 26.2 Å². The van der Waals surface area contributed by atoms with Crippen molar-refractivity contribution in [2.45, 2.75) is 31.8 Å². The molecule has 1 fully saturated rings. The molecule has 19 heavy (non-hydrogen) atoms. The molecule has 1 aliphatic rings. The van der Waals surface area contributed by atoms with E-state index in [1.165, 1.54) is 12.0 Å². The fourth-order valence-electron chi connectivity index (χ4n) is 2.88. The van der Waals surface area contributed by atoms with Crippen molar-refractivity contribution in [3.63, 3.8) is 0 Å². The average Bonchev–Trinajstić information content (AvgIpc) is 2.47. The van der Waals surface area contributed by atoms with Gasteiger partial charge in [0.05, 0.1) is 12.1 Å². The number of methoxy groups -OCH3 is 1. The van der Waals surface area contributed by atoms with Gasteiger partial charge in [0.1, 0.15) is 0 Å². The third kappa shape index (κ3) is 3.16. The number of benzene rings is 1. The first-order chi connectivity index (χ1) is 9.20. The third-order valence-electron chi connectivity index (χ3n) is 4.33. The van der Waals surface area contributed by atoms with Crippen molar-refractivity contribution < 1.29 is 4.74 Å². The highest BCUT2D eigenvalue weighted by Gasteiger charge is 2.38. The molecular weight excluding hydrogens is 236 g/mol. The van der Waals surface area contributed by atoms with Gasteiger partial charge in [-0.3, -0.25) is 4.90 Å². The molecule has 106 valence electrons. The van der Waals surface area contributed by atoms with Gasteiger partial charge >= 0.3 is 0 Å². The first-order valence-electron chi connectivity index (χ1n) is 7.23. The summed E-state index contributed by atoms with van der Waals surface area (Å²) < 4.78 is 5.28. The van der Waals surface area contributed by atoms with E-state index in [4.69, 9.17) is 4.74 Å². The van der Waals surface area contributed by atoms with Crippen molar-refractivity contribution in [1.29, 1.82) is 0 Å². The molecule has 1 aliphatic heterocycles. The second kappa shape index (κ2) is 6.51. The van der Waals surface area contributed by atoms with Crippen LogP contribution in [0.3, 0.4) is 0 Å². The zero-order valence-corrected chi connectivity index (χ0v) is 12.4. The van der Waals surface area contributed by atoms with Crippen molar-refractivity contribution in [3.8, 4) is 0 Å². The van der Waals surface area contributed by atoms with E-state index in [2.05, 4.69) is 54.4 Å². The van der Waals surface area contributed by atoms with Gasteiger partial charge in [-0.25, -0.2) is 0 Å². The molecular formula is C16H26N2O. The van der Waals surface area contributed by atoms with Crippen molar-refractivity contribution in [2.24, 2.45) is 0 Å². The van der Waals surface area contributed by atoms with Crippen molar-refractivity contribution in [1.82, 2.24) is 10.2 Å². The molecule has 1 aromatic carbocycles. The molecule has 0 aromatic heterocycles. The van der Waals surface area contributed by atoms with Gasteiger partial charge in [-0.1, -0.05) is 37.3 Å². The number of piperazine rings is 1. The Bertz CT molecular complexity index is 382. The summed E-state index contributed by atoms with van der Waals surface area (Å²) >= 11 is 0. The minimum Gasteiger partial charge on any atom is -0.383 e. The van der Waals surface area contributed by atoms with E-state index in [9.17, 15) is 0 Å². The lowest BCUT2D eigenvalue weighted by Crippen LogP contribution is -2.61. The molecule has 0 amide bonds. The molecule has 0 saturated carbocycles. The Hall–Kier alpha value is -0.900. The third-order valence-corrected chi connectivity index (χ3v) is 4.33. The second-order valence-corrected chi connectivity index (χ2v) is 5.56. The van der Waals surface area contributed by atoms with Gasteiger partial charge in [0.15, 0.2) is 0 Å². The number of hydrogen-bond donors (Lipinski definition) is 1. The van der Waals surface area contributed by atoms with Crippen molar-refractivity contribution >= 4 is 0 Å². The molecule has 0 radical (unpaired) electrons. The summed E-state index contributed by atoms with van der Waals surface area (Å²) in [6, 6.07) is 11.4. The molecule has 2 unspecified atom stereocenters. The standard InChI is InChI=1S/C16H26N2O/c1-4-15-12-18(10-11-19-3)16(2,13-17-15)14-8-6-5-7-9-14/h5-9,15,17H,4,10-13H2,1-3H3. The molecule has 1 aromatic rings. The summed E-state index contributed by atoms with van der Waals surface area (Å²) in [5.74, 6) is 0. The predicted octanol–water partition coefficient (Wildman–Crippen LogP) is 2.23. The first kappa shape index (κ1) is 14.5. The van der Waals surface area contributed by atoms with Crippen LogP contribution in [0.1, 0.15) is 25.8 Å². The van der Waals surface area contributed by atoms with Crippen LogP contribution in [-0.2, 0) is 10.3 Å². The Kier molecular flexibility index (Phi) is 4.97. The monoisotopic (exact) mass is 262 g/mol. The van der Waals surface area contributed by atoms with Gasteiger partial charge in [0, 0.05) is 32.8 Å². The normalized spacial score (nSPS) is 28.5. The lowest BCUT2D eigenvalue weighted by molar-refractivity contribution is 0.0258. The Labute approximate surface area is 116 Å². The number of nitrogens with zero attached hydrogens (tertiary/aromatic N) is 1. The molecule has 2 atom stereocenters. The summed E-state index contributed by atoms with van der Waals surface area (Å²) in [5.41, 5.74) is 1.44. The lowest BCUT2D eigenvalue weighted by Gasteiger charge is -2.48. The van der Waals surface area contributed by atoms with E-state index in [-0.39, 0.29) is 5.54 Å². The van der Waals surface area contributed by atoms with Gasteiger partial charge in [-0.15, -0.1) is 0 Å². The maximum absolute atomic E-state index is 5.28. The van der Waals surface area contributed by atoms with E-state index in [1.807, 2.05) is 0 Å². The van der Waals surface area contributed by atoms with Crippen LogP contribution in [-0.4, -0.2) is 44.3 Å². The first-order valence-corrected chi connectivity index (χ1v) is 7.23. The van der Waals surface area contributed by atoms with Gasteiger partial charge in [0.25, 0.3) is 0 Å². The smallest absolute Gasteiger partial charge is 0.0590 e. The van der Waals surface area contributed by atoms with Crippen LogP contribution in [0.25, 0.3) is 0 Å². The molecule has 3 heteroatoms. The molecule has 2 rings (SSSR count). The number of nitrogens with one attached hydrogen (secondary N) is 1. The van der Waals surface area contributed by atoms with E-state index >= 15 is 0 Å². The van der Waals surface area contributed by atoms with Crippen LogP contribution in [0.5, 0.6) is 0 Å². The maximum atomic E-state index is 5.28. The summed E-state index contributed by atoms with van der Waals surface area (Å²) in [4.78, 5) is 2.57. The van der Waals surface area contributed by atoms with E-state index < -0.39 is 0 Å². The quantitative estimate of drug-likeness (QED) is 0.880. The fourth-order valence-corrected chi connectivity index (χ4v) is 2.88. The molecule has 0 bridgehead atoms. The zero-order valence-electron chi connectivity index (χ0n) is 12.4. The molecule has 1 N–H and O–H groups in total. The van der Waals surface area contributed by atoms with Gasteiger partial charge in [-0.2, -0.15) is 0 Å². The van der Waals surface area contributed by atoms with Crippen LogP contribution in [0.4, 0.5) is 0 Å². The molecule has 0 spiro atoms. The van der Waals surface area contributed by atoms with Gasteiger partial charge < -0.3 is 10.1 Å². The Balaban J connectivity index is 2.20. The Morgan fingerprint density at radius 1 is 1.37 bits per heavy atom. The summed E-state index contributed by atoms with van der Waals surface area (Å²) in [5, 5.41) is 3.68. The highest BCUT2D eigenvalue weighted by atomic mass is 16.5.